The lowest BCUT2D eigenvalue weighted by Crippen LogP contribution is -2.45. The third kappa shape index (κ3) is 2.69. The van der Waals surface area contributed by atoms with E-state index in [-0.39, 0.29) is 0 Å². The van der Waals surface area contributed by atoms with E-state index in [0.717, 1.165) is 25.5 Å². The van der Waals surface area contributed by atoms with E-state index in [1.54, 1.807) is 0 Å². The van der Waals surface area contributed by atoms with Crippen LogP contribution in [0.4, 0.5) is 0 Å². The summed E-state index contributed by atoms with van der Waals surface area (Å²) >= 11 is 0. The highest BCUT2D eigenvalue weighted by atomic mass is 16.5. The minimum absolute atomic E-state index is 0.537. The maximum Gasteiger partial charge on any atom is 0.0762 e. The van der Waals surface area contributed by atoms with Gasteiger partial charge >= 0.3 is 0 Å². The molecule has 0 amide bonds. The molecule has 1 aliphatic carbocycles. The number of nitrogens with one attached hydrogen (secondary N) is 1. The zero-order chi connectivity index (χ0) is 11.5. The Kier molecular flexibility index (Phi) is 3.43. The first kappa shape index (κ1) is 11.2. The van der Waals surface area contributed by atoms with Gasteiger partial charge in [0.1, 0.15) is 0 Å². The van der Waals surface area contributed by atoms with Crippen molar-refractivity contribution in [1.82, 2.24) is 15.1 Å². The molecule has 1 aromatic heterocycles. The first-order chi connectivity index (χ1) is 8.42. The van der Waals surface area contributed by atoms with Crippen LogP contribution in [0.1, 0.15) is 43.8 Å². The molecule has 3 rings (SSSR count). The maximum atomic E-state index is 5.14. The number of ether oxygens (including phenoxy) is 1. The molecule has 4 heteroatoms. The van der Waals surface area contributed by atoms with Gasteiger partial charge in [0.05, 0.1) is 31.0 Å². The Morgan fingerprint density at radius 2 is 2.12 bits per heavy atom. The van der Waals surface area contributed by atoms with Crippen LogP contribution in [0.25, 0.3) is 0 Å². The Morgan fingerprint density at radius 3 is 2.82 bits per heavy atom. The standard InChI is InChI=1S/C13H21N3O/c1-2-4-13(5-3-1)16-7-6-11(15-16)8-14-12-9-17-10-12/h6-7,12-14H,1-5,8-10H2. The molecule has 1 N–H and O–H groups in total. The van der Waals surface area contributed by atoms with Crippen LogP contribution in [0.2, 0.25) is 0 Å². The van der Waals surface area contributed by atoms with Crippen molar-refractivity contribution in [2.75, 3.05) is 13.2 Å². The zero-order valence-electron chi connectivity index (χ0n) is 10.3. The highest BCUT2D eigenvalue weighted by molar-refractivity contribution is 5.00. The molecule has 0 aromatic carbocycles. The summed E-state index contributed by atoms with van der Waals surface area (Å²) < 4.78 is 7.31. The normalized spacial score (nSPS) is 22.6. The van der Waals surface area contributed by atoms with Crippen LogP contribution < -0.4 is 5.32 Å². The molecular weight excluding hydrogens is 214 g/mol. The lowest BCUT2D eigenvalue weighted by atomic mass is 9.96. The average molecular weight is 235 g/mol. The van der Waals surface area contributed by atoms with E-state index in [1.807, 2.05) is 0 Å². The number of rotatable bonds is 4. The average Bonchev–Trinajstić information content (AvgIpc) is 2.77. The smallest absolute Gasteiger partial charge is 0.0762 e. The summed E-state index contributed by atoms with van der Waals surface area (Å²) in [5, 5.41) is 8.13. The quantitative estimate of drug-likeness (QED) is 0.866. The van der Waals surface area contributed by atoms with E-state index in [1.165, 1.54) is 32.1 Å². The van der Waals surface area contributed by atoms with Crippen LogP contribution in [0.5, 0.6) is 0 Å². The van der Waals surface area contributed by atoms with Crippen LogP contribution >= 0.6 is 0 Å². The molecular formula is C13H21N3O. The number of hydrogen-bond donors (Lipinski definition) is 1. The molecule has 94 valence electrons. The fourth-order valence-corrected chi connectivity index (χ4v) is 2.62. The Hall–Kier alpha value is -0.870. The maximum absolute atomic E-state index is 5.14. The largest absolute Gasteiger partial charge is 0.378 e. The minimum Gasteiger partial charge on any atom is -0.378 e. The first-order valence-electron chi connectivity index (χ1n) is 6.77. The van der Waals surface area contributed by atoms with Gasteiger partial charge in [0.15, 0.2) is 0 Å². The Bertz CT molecular complexity index is 353. The summed E-state index contributed by atoms with van der Waals surface area (Å²) in [6.07, 6.45) is 8.85. The Morgan fingerprint density at radius 1 is 1.29 bits per heavy atom. The SMILES string of the molecule is c1cn(C2CCCCC2)nc1CNC1COC1. The highest BCUT2D eigenvalue weighted by Crippen LogP contribution is 2.27. The Labute approximate surface area is 102 Å². The fourth-order valence-electron chi connectivity index (χ4n) is 2.62. The molecule has 0 bridgehead atoms. The van der Waals surface area contributed by atoms with E-state index in [0.29, 0.717) is 12.1 Å². The van der Waals surface area contributed by atoms with Crippen LogP contribution in [-0.2, 0) is 11.3 Å². The molecule has 1 saturated heterocycles. The monoisotopic (exact) mass is 235 g/mol. The molecule has 2 heterocycles. The molecule has 0 spiro atoms. The molecule has 1 aromatic rings. The molecule has 1 aliphatic heterocycles. The third-order valence-corrected chi connectivity index (χ3v) is 3.82. The van der Waals surface area contributed by atoms with Gasteiger partial charge in [-0.25, -0.2) is 0 Å². The molecule has 0 radical (unpaired) electrons. The second-order valence-corrected chi connectivity index (χ2v) is 5.19. The van der Waals surface area contributed by atoms with Gasteiger partial charge in [-0.3, -0.25) is 4.68 Å². The third-order valence-electron chi connectivity index (χ3n) is 3.82. The molecule has 0 atom stereocenters. The summed E-state index contributed by atoms with van der Waals surface area (Å²) in [6.45, 7) is 2.57. The predicted octanol–water partition coefficient (Wildman–Crippen LogP) is 1.88. The topological polar surface area (TPSA) is 39.1 Å². The molecule has 4 nitrogen and oxygen atoms in total. The molecule has 1 saturated carbocycles. The van der Waals surface area contributed by atoms with Gasteiger partial charge in [0, 0.05) is 12.7 Å². The predicted molar refractivity (Wildman–Crippen MR) is 65.8 cm³/mol. The van der Waals surface area contributed by atoms with Crippen molar-refractivity contribution in [3.05, 3.63) is 18.0 Å². The molecule has 17 heavy (non-hydrogen) atoms. The van der Waals surface area contributed by atoms with E-state index in [9.17, 15) is 0 Å². The lowest BCUT2D eigenvalue weighted by Gasteiger charge is -2.26. The van der Waals surface area contributed by atoms with E-state index >= 15 is 0 Å². The van der Waals surface area contributed by atoms with E-state index in [4.69, 9.17) is 4.74 Å². The van der Waals surface area contributed by atoms with Gasteiger partial charge in [0.25, 0.3) is 0 Å². The van der Waals surface area contributed by atoms with E-state index in [2.05, 4.69) is 27.4 Å². The first-order valence-corrected chi connectivity index (χ1v) is 6.77. The number of aromatic nitrogens is 2. The van der Waals surface area contributed by atoms with Crippen molar-refractivity contribution in [3.63, 3.8) is 0 Å². The fraction of sp³-hybridized carbons (Fsp3) is 0.769. The van der Waals surface area contributed by atoms with Crippen LogP contribution in [0, 0.1) is 0 Å². The van der Waals surface area contributed by atoms with Crippen molar-refractivity contribution in [2.45, 2.75) is 50.7 Å². The highest BCUT2D eigenvalue weighted by Gasteiger charge is 2.18. The van der Waals surface area contributed by atoms with Gasteiger partial charge in [-0.15, -0.1) is 0 Å². The minimum atomic E-state index is 0.537. The van der Waals surface area contributed by atoms with Crippen LogP contribution in [0.15, 0.2) is 12.3 Å². The summed E-state index contributed by atoms with van der Waals surface area (Å²) in [5.41, 5.74) is 1.16. The van der Waals surface area contributed by atoms with Gasteiger partial charge in [-0.1, -0.05) is 19.3 Å². The van der Waals surface area contributed by atoms with Gasteiger partial charge < -0.3 is 10.1 Å². The van der Waals surface area contributed by atoms with Crippen molar-refractivity contribution in [1.29, 1.82) is 0 Å². The number of hydrogen-bond acceptors (Lipinski definition) is 3. The van der Waals surface area contributed by atoms with Crippen molar-refractivity contribution in [3.8, 4) is 0 Å². The second-order valence-electron chi connectivity index (χ2n) is 5.19. The Balaban J connectivity index is 1.53. The molecule has 2 aliphatic rings. The van der Waals surface area contributed by atoms with Gasteiger partial charge in [0.2, 0.25) is 0 Å². The van der Waals surface area contributed by atoms with Gasteiger partial charge in [-0.2, -0.15) is 5.10 Å². The number of nitrogens with zero attached hydrogens (tertiary/aromatic N) is 2. The van der Waals surface area contributed by atoms with E-state index < -0.39 is 0 Å². The summed E-state index contributed by atoms with van der Waals surface area (Å²) in [6, 6.07) is 3.32. The summed E-state index contributed by atoms with van der Waals surface area (Å²) in [7, 11) is 0. The lowest BCUT2D eigenvalue weighted by molar-refractivity contribution is -0.00593. The van der Waals surface area contributed by atoms with Crippen molar-refractivity contribution in [2.24, 2.45) is 0 Å². The summed E-state index contributed by atoms with van der Waals surface area (Å²) in [5.74, 6) is 0. The molecule has 0 unspecified atom stereocenters. The summed E-state index contributed by atoms with van der Waals surface area (Å²) in [4.78, 5) is 0. The van der Waals surface area contributed by atoms with Gasteiger partial charge in [-0.05, 0) is 18.9 Å². The van der Waals surface area contributed by atoms with Crippen LogP contribution in [0.3, 0.4) is 0 Å². The zero-order valence-corrected chi connectivity index (χ0v) is 10.3. The molecule has 2 fully saturated rings. The van der Waals surface area contributed by atoms with Crippen LogP contribution in [-0.4, -0.2) is 29.0 Å². The second kappa shape index (κ2) is 5.19. The van der Waals surface area contributed by atoms with Crippen molar-refractivity contribution < 1.29 is 4.74 Å². The van der Waals surface area contributed by atoms with Crippen molar-refractivity contribution >= 4 is 0 Å².